The first kappa shape index (κ1) is 11.5. The first-order chi connectivity index (χ1) is 5.24. The van der Waals surface area contributed by atoms with Crippen LogP contribution in [0.3, 0.4) is 0 Å². The first-order valence-corrected chi connectivity index (χ1v) is 3.57. The standard InChI is InChI=1S/C6H12N2O3.ClH/c7-11-5-2-1-3-8(4-5)6(9)10;/h5H,1-4,7H2,(H,9,10);1H. The van der Waals surface area contributed by atoms with E-state index in [4.69, 9.17) is 11.0 Å². The fraction of sp³-hybridized carbons (Fsp3) is 0.833. The van der Waals surface area contributed by atoms with Gasteiger partial charge < -0.3 is 10.0 Å². The molecule has 0 saturated carbocycles. The first-order valence-electron chi connectivity index (χ1n) is 3.57. The van der Waals surface area contributed by atoms with E-state index >= 15 is 0 Å². The molecule has 0 aromatic carbocycles. The number of carbonyl (C=O) groups is 1. The number of likely N-dealkylation sites (tertiary alicyclic amines) is 1. The summed E-state index contributed by atoms with van der Waals surface area (Å²) in [7, 11) is 0. The number of carboxylic acid groups (broad SMARTS) is 1. The Morgan fingerprint density at radius 2 is 2.33 bits per heavy atom. The Bertz CT molecular complexity index is 156. The third-order valence-corrected chi connectivity index (χ3v) is 1.84. The van der Waals surface area contributed by atoms with Gasteiger partial charge in [0.15, 0.2) is 0 Å². The molecule has 1 amide bonds. The average molecular weight is 197 g/mol. The van der Waals surface area contributed by atoms with Crippen LogP contribution in [0.2, 0.25) is 0 Å². The van der Waals surface area contributed by atoms with Crippen molar-refractivity contribution in [3.8, 4) is 0 Å². The number of hydrogen-bond donors (Lipinski definition) is 2. The molecule has 72 valence electrons. The summed E-state index contributed by atoms with van der Waals surface area (Å²) in [6.45, 7) is 0.987. The lowest BCUT2D eigenvalue weighted by Crippen LogP contribution is -2.43. The van der Waals surface area contributed by atoms with Gasteiger partial charge in [0, 0.05) is 6.54 Å². The second-order valence-electron chi connectivity index (χ2n) is 2.63. The Kier molecular flexibility index (Phi) is 4.96. The molecule has 0 spiro atoms. The monoisotopic (exact) mass is 196 g/mol. The second kappa shape index (κ2) is 5.18. The predicted octanol–water partition coefficient (Wildman–Crippen LogP) is 0.441. The molecule has 0 bridgehead atoms. The summed E-state index contributed by atoms with van der Waals surface area (Å²) in [5, 5.41) is 8.58. The maximum absolute atomic E-state index is 10.4. The summed E-state index contributed by atoms with van der Waals surface area (Å²) in [6, 6.07) is 0. The minimum Gasteiger partial charge on any atom is -0.465 e. The highest BCUT2D eigenvalue weighted by Gasteiger charge is 2.22. The normalized spacial score (nSPS) is 23.1. The van der Waals surface area contributed by atoms with Gasteiger partial charge in [-0.2, -0.15) is 0 Å². The molecule has 1 heterocycles. The van der Waals surface area contributed by atoms with Crippen molar-refractivity contribution in [2.45, 2.75) is 18.9 Å². The number of hydrogen-bond acceptors (Lipinski definition) is 3. The van der Waals surface area contributed by atoms with Crippen molar-refractivity contribution in [2.24, 2.45) is 5.90 Å². The molecule has 6 heteroatoms. The summed E-state index contributed by atoms with van der Waals surface area (Å²) < 4.78 is 0. The molecular formula is C6H13ClN2O3. The molecule has 1 saturated heterocycles. The third kappa shape index (κ3) is 2.84. The molecule has 0 radical (unpaired) electrons. The average Bonchev–Trinajstić information content (AvgIpc) is 2.05. The van der Waals surface area contributed by atoms with E-state index in [1.54, 1.807) is 0 Å². The van der Waals surface area contributed by atoms with Crippen LogP contribution in [0, 0.1) is 0 Å². The van der Waals surface area contributed by atoms with Gasteiger partial charge in [-0.05, 0) is 12.8 Å². The van der Waals surface area contributed by atoms with Crippen molar-refractivity contribution in [2.75, 3.05) is 13.1 Å². The molecule has 0 aromatic rings. The molecule has 1 aliphatic heterocycles. The number of piperidine rings is 1. The van der Waals surface area contributed by atoms with E-state index in [0.29, 0.717) is 13.1 Å². The number of nitrogens with two attached hydrogens (primary N) is 1. The molecule has 1 fully saturated rings. The van der Waals surface area contributed by atoms with Crippen molar-refractivity contribution >= 4 is 18.5 Å². The Labute approximate surface area is 76.8 Å². The largest absolute Gasteiger partial charge is 0.465 e. The zero-order valence-corrected chi connectivity index (χ0v) is 7.42. The minimum atomic E-state index is -0.897. The van der Waals surface area contributed by atoms with Gasteiger partial charge in [-0.15, -0.1) is 12.4 Å². The van der Waals surface area contributed by atoms with Gasteiger partial charge in [0.05, 0.1) is 12.6 Å². The van der Waals surface area contributed by atoms with Gasteiger partial charge in [-0.25, -0.2) is 10.7 Å². The lowest BCUT2D eigenvalue weighted by Gasteiger charge is -2.28. The predicted molar refractivity (Wildman–Crippen MR) is 45.1 cm³/mol. The van der Waals surface area contributed by atoms with Crippen molar-refractivity contribution in [1.82, 2.24) is 4.90 Å². The molecule has 12 heavy (non-hydrogen) atoms. The highest BCUT2D eigenvalue weighted by atomic mass is 35.5. The Morgan fingerprint density at radius 1 is 1.67 bits per heavy atom. The van der Waals surface area contributed by atoms with Crippen LogP contribution >= 0.6 is 12.4 Å². The van der Waals surface area contributed by atoms with Crippen LogP contribution in [-0.2, 0) is 4.84 Å². The summed E-state index contributed by atoms with van der Waals surface area (Å²) >= 11 is 0. The third-order valence-electron chi connectivity index (χ3n) is 1.84. The summed E-state index contributed by atoms with van der Waals surface area (Å²) in [5.74, 6) is 4.95. The molecule has 1 unspecified atom stereocenters. The van der Waals surface area contributed by atoms with Crippen LogP contribution in [0.5, 0.6) is 0 Å². The van der Waals surface area contributed by atoms with E-state index < -0.39 is 6.09 Å². The van der Waals surface area contributed by atoms with E-state index in [1.165, 1.54) is 4.90 Å². The van der Waals surface area contributed by atoms with Crippen molar-refractivity contribution in [1.29, 1.82) is 0 Å². The van der Waals surface area contributed by atoms with E-state index in [0.717, 1.165) is 12.8 Å². The van der Waals surface area contributed by atoms with E-state index in [-0.39, 0.29) is 18.5 Å². The SMILES string of the molecule is Cl.NOC1CCCN(C(=O)O)C1. The van der Waals surface area contributed by atoms with Crippen molar-refractivity contribution in [3.63, 3.8) is 0 Å². The van der Waals surface area contributed by atoms with Crippen LogP contribution in [0.4, 0.5) is 4.79 Å². The van der Waals surface area contributed by atoms with E-state index in [1.807, 2.05) is 0 Å². The molecule has 1 aliphatic rings. The Morgan fingerprint density at radius 3 is 2.83 bits per heavy atom. The highest BCUT2D eigenvalue weighted by Crippen LogP contribution is 2.11. The molecule has 1 atom stereocenters. The molecule has 3 N–H and O–H groups in total. The smallest absolute Gasteiger partial charge is 0.407 e. The Balaban J connectivity index is 0.00000121. The van der Waals surface area contributed by atoms with Gasteiger partial charge in [-0.1, -0.05) is 0 Å². The molecule has 5 nitrogen and oxygen atoms in total. The maximum atomic E-state index is 10.4. The van der Waals surface area contributed by atoms with Crippen molar-refractivity contribution in [3.05, 3.63) is 0 Å². The van der Waals surface area contributed by atoms with Crippen LogP contribution in [0.15, 0.2) is 0 Å². The lowest BCUT2D eigenvalue weighted by atomic mass is 10.1. The van der Waals surface area contributed by atoms with Crippen LogP contribution < -0.4 is 5.90 Å². The van der Waals surface area contributed by atoms with Crippen LogP contribution in [0.1, 0.15) is 12.8 Å². The number of nitrogens with zero attached hydrogens (tertiary/aromatic N) is 1. The molecule has 0 aromatic heterocycles. The quantitative estimate of drug-likeness (QED) is 0.597. The maximum Gasteiger partial charge on any atom is 0.407 e. The van der Waals surface area contributed by atoms with Crippen LogP contribution in [-0.4, -0.2) is 35.3 Å². The number of rotatable bonds is 1. The van der Waals surface area contributed by atoms with Gasteiger partial charge >= 0.3 is 6.09 Å². The van der Waals surface area contributed by atoms with Gasteiger partial charge in [-0.3, -0.25) is 4.84 Å². The zero-order chi connectivity index (χ0) is 8.27. The number of halogens is 1. The molecule has 0 aliphatic carbocycles. The summed E-state index contributed by atoms with van der Waals surface area (Å²) in [4.78, 5) is 16.3. The fourth-order valence-electron chi connectivity index (χ4n) is 1.22. The lowest BCUT2D eigenvalue weighted by molar-refractivity contribution is 0.00227. The topological polar surface area (TPSA) is 75.8 Å². The molecular weight excluding hydrogens is 184 g/mol. The summed E-state index contributed by atoms with van der Waals surface area (Å²) in [5.41, 5.74) is 0. The van der Waals surface area contributed by atoms with Gasteiger partial charge in [0.25, 0.3) is 0 Å². The van der Waals surface area contributed by atoms with Gasteiger partial charge in [0.2, 0.25) is 0 Å². The Hall–Kier alpha value is -0.520. The summed E-state index contributed by atoms with van der Waals surface area (Å²) in [6.07, 6.45) is 0.653. The minimum absolute atomic E-state index is 0. The molecule has 1 rings (SSSR count). The van der Waals surface area contributed by atoms with Crippen molar-refractivity contribution < 1.29 is 14.7 Å². The van der Waals surface area contributed by atoms with Gasteiger partial charge in [0.1, 0.15) is 0 Å². The van der Waals surface area contributed by atoms with Crippen LogP contribution in [0.25, 0.3) is 0 Å². The zero-order valence-electron chi connectivity index (χ0n) is 6.60. The highest BCUT2D eigenvalue weighted by molar-refractivity contribution is 5.85. The van der Waals surface area contributed by atoms with E-state index in [2.05, 4.69) is 4.84 Å². The fourth-order valence-corrected chi connectivity index (χ4v) is 1.22. The second-order valence-corrected chi connectivity index (χ2v) is 2.63. The van der Waals surface area contributed by atoms with E-state index in [9.17, 15) is 4.79 Å². The number of amides is 1.